The van der Waals surface area contributed by atoms with E-state index in [1.165, 1.54) is 0 Å². The van der Waals surface area contributed by atoms with Crippen molar-refractivity contribution in [2.75, 3.05) is 20.2 Å². The molecule has 0 bridgehead atoms. The molecule has 0 spiro atoms. The fraction of sp³-hybridized carbons (Fsp3) is 0.556. The van der Waals surface area contributed by atoms with Crippen molar-refractivity contribution in [2.24, 2.45) is 9.98 Å². The summed E-state index contributed by atoms with van der Waals surface area (Å²) < 4.78 is 5.11. The van der Waals surface area contributed by atoms with Crippen LogP contribution in [0.3, 0.4) is 0 Å². The molecular formula is C9H15Cl2N5O. The molecule has 0 aromatic heterocycles. The molecule has 1 unspecified atom stereocenters. The van der Waals surface area contributed by atoms with Gasteiger partial charge in [-0.25, -0.2) is 4.99 Å². The van der Waals surface area contributed by atoms with Crippen molar-refractivity contribution in [3.8, 4) is 0 Å². The normalized spacial score (nSPS) is 26.6. The highest BCUT2D eigenvalue weighted by Crippen LogP contribution is 2.14. The average Bonchev–Trinajstić information content (AvgIpc) is 2.68. The Kier molecular flexibility index (Phi) is 4.47. The Hall–Kier alpha value is -1.14. The second-order valence-electron chi connectivity index (χ2n) is 3.63. The molecule has 0 radical (unpaired) electrons. The van der Waals surface area contributed by atoms with Crippen LogP contribution in [0.4, 0.5) is 0 Å². The standard InChI is InChI=1S/C9H14ClN5O.ClH/c1-9(15-8-11-3-4-12-8)13-6(10)5-7(14-9)16-2;/h5,14H,3-4H2,1-2H3,(H2,11,12,15);1H. The van der Waals surface area contributed by atoms with Gasteiger partial charge in [-0.05, 0) is 6.92 Å². The maximum absolute atomic E-state index is 5.91. The minimum atomic E-state index is -0.743. The second-order valence-corrected chi connectivity index (χ2v) is 4.01. The van der Waals surface area contributed by atoms with Crippen LogP contribution < -0.4 is 16.0 Å². The molecule has 3 N–H and O–H groups in total. The summed E-state index contributed by atoms with van der Waals surface area (Å²) in [6.07, 6.45) is 1.62. The predicted molar refractivity (Wildman–Crippen MR) is 70.6 cm³/mol. The van der Waals surface area contributed by atoms with Crippen LogP contribution in [0.15, 0.2) is 21.9 Å². The Bertz CT molecular complexity index is 382. The van der Waals surface area contributed by atoms with E-state index in [1.54, 1.807) is 13.2 Å². The quantitative estimate of drug-likeness (QED) is 0.683. The van der Waals surface area contributed by atoms with Crippen molar-refractivity contribution in [3.05, 3.63) is 12.0 Å². The molecule has 1 atom stereocenters. The van der Waals surface area contributed by atoms with E-state index in [4.69, 9.17) is 16.3 Å². The highest BCUT2D eigenvalue weighted by atomic mass is 35.5. The summed E-state index contributed by atoms with van der Waals surface area (Å²) in [5, 5.41) is 9.68. The van der Waals surface area contributed by atoms with Gasteiger partial charge >= 0.3 is 0 Å². The van der Waals surface area contributed by atoms with Crippen molar-refractivity contribution in [3.63, 3.8) is 0 Å². The zero-order valence-corrected chi connectivity index (χ0v) is 11.2. The summed E-state index contributed by atoms with van der Waals surface area (Å²) in [6, 6.07) is 0. The lowest BCUT2D eigenvalue weighted by Crippen LogP contribution is -2.58. The van der Waals surface area contributed by atoms with Crippen molar-refractivity contribution >= 4 is 35.1 Å². The van der Waals surface area contributed by atoms with Gasteiger partial charge in [0, 0.05) is 12.6 Å². The number of methoxy groups -OCH3 is 1. The van der Waals surface area contributed by atoms with E-state index in [2.05, 4.69) is 25.9 Å². The summed E-state index contributed by atoms with van der Waals surface area (Å²) >= 11 is 5.91. The molecule has 0 fully saturated rings. The maximum Gasteiger partial charge on any atom is 0.208 e. The summed E-state index contributed by atoms with van der Waals surface area (Å²) in [7, 11) is 1.57. The number of nitrogens with one attached hydrogen (secondary N) is 3. The minimum Gasteiger partial charge on any atom is -0.482 e. The van der Waals surface area contributed by atoms with E-state index in [9.17, 15) is 0 Å². The minimum absolute atomic E-state index is 0. The van der Waals surface area contributed by atoms with Gasteiger partial charge in [0.1, 0.15) is 5.17 Å². The molecule has 0 aliphatic carbocycles. The van der Waals surface area contributed by atoms with Crippen molar-refractivity contribution < 1.29 is 4.74 Å². The fourth-order valence-corrected chi connectivity index (χ4v) is 1.81. The molecule has 2 aliphatic rings. The Morgan fingerprint density at radius 2 is 2.35 bits per heavy atom. The third-order valence-electron chi connectivity index (χ3n) is 2.20. The summed E-state index contributed by atoms with van der Waals surface area (Å²) in [5.74, 6) is 0.530. The largest absolute Gasteiger partial charge is 0.482 e. The van der Waals surface area contributed by atoms with E-state index >= 15 is 0 Å². The maximum atomic E-state index is 5.91. The molecule has 96 valence electrons. The number of halogens is 2. The summed E-state index contributed by atoms with van der Waals surface area (Å²) in [5.41, 5.74) is 0. The lowest BCUT2D eigenvalue weighted by Gasteiger charge is -2.32. The highest BCUT2D eigenvalue weighted by Gasteiger charge is 2.29. The number of hydrogen-bond acceptors (Lipinski definition) is 6. The van der Waals surface area contributed by atoms with Gasteiger partial charge in [-0.15, -0.1) is 12.4 Å². The smallest absolute Gasteiger partial charge is 0.208 e. The third-order valence-corrected chi connectivity index (χ3v) is 2.40. The predicted octanol–water partition coefficient (Wildman–Crippen LogP) is 0.359. The number of aliphatic imine (C=N–C) groups is 2. The summed E-state index contributed by atoms with van der Waals surface area (Å²) in [4.78, 5) is 8.49. The van der Waals surface area contributed by atoms with Gasteiger partial charge < -0.3 is 20.7 Å². The topological polar surface area (TPSA) is 70.0 Å². The highest BCUT2D eigenvalue weighted by molar-refractivity contribution is 6.68. The molecule has 0 aromatic carbocycles. The molecule has 0 aromatic rings. The van der Waals surface area contributed by atoms with E-state index < -0.39 is 5.79 Å². The van der Waals surface area contributed by atoms with E-state index in [0.29, 0.717) is 17.0 Å². The average molecular weight is 280 g/mol. The molecule has 0 amide bonds. The molecular weight excluding hydrogens is 265 g/mol. The van der Waals surface area contributed by atoms with Crippen LogP contribution in [0.25, 0.3) is 0 Å². The van der Waals surface area contributed by atoms with Crippen molar-refractivity contribution in [2.45, 2.75) is 12.7 Å². The lowest BCUT2D eigenvalue weighted by molar-refractivity contribution is 0.213. The molecule has 2 rings (SSSR count). The zero-order chi connectivity index (χ0) is 11.6. The van der Waals surface area contributed by atoms with Crippen molar-refractivity contribution in [1.29, 1.82) is 0 Å². The van der Waals surface area contributed by atoms with Crippen LogP contribution >= 0.6 is 24.0 Å². The number of hydrogen-bond donors (Lipinski definition) is 3. The van der Waals surface area contributed by atoms with Crippen LogP contribution in [0.2, 0.25) is 0 Å². The van der Waals surface area contributed by atoms with Gasteiger partial charge in [-0.3, -0.25) is 4.99 Å². The molecule has 0 saturated carbocycles. The number of rotatable bonds is 2. The number of nitrogens with zero attached hydrogens (tertiary/aromatic N) is 2. The van der Waals surface area contributed by atoms with Gasteiger partial charge in [-0.2, -0.15) is 0 Å². The van der Waals surface area contributed by atoms with Gasteiger partial charge in [0.15, 0.2) is 11.8 Å². The Morgan fingerprint density at radius 1 is 1.59 bits per heavy atom. The van der Waals surface area contributed by atoms with Crippen molar-refractivity contribution in [1.82, 2.24) is 16.0 Å². The SMILES string of the molecule is COC1=CC(Cl)=NC(C)(NC2=NCCN2)N1.Cl. The first-order valence-corrected chi connectivity index (χ1v) is 5.35. The van der Waals surface area contributed by atoms with Gasteiger partial charge in [0.25, 0.3) is 0 Å². The molecule has 0 saturated heterocycles. The first-order chi connectivity index (χ1) is 7.61. The molecule has 8 heteroatoms. The third kappa shape index (κ3) is 3.41. The molecule has 6 nitrogen and oxygen atoms in total. The fourth-order valence-electron chi connectivity index (χ4n) is 1.54. The van der Waals surface area contributed by atoms with Gasteiger partial charge in [0.2, 0.25) is 5.79 Å². The van der Waals surface area contributed by atoms with E-state index in [0.717, 1.165) is 13.1 Å². The second kappa shape index (κ2) is 5.46. The lowest BCUT2D eigenvalue weighted by atomic mass is 10.3. The van der Waals surface area contributed by atoms with Crippen LogP contribution in [-0.2, 0) is 4.74 Å². The van der Waals surface area contributed by atoms with Gasteiger partial charge in [-0.1, -0.05) is 11.6 Å². The monoisotopic (exact) mass is 279 g/mol. The van der Waals surface area contributed by atoms with Crippen LogP contribution in [0.1, 0.15) is 6.92 Å². The Labute approximate surface area is 111 Å². The molecule has 17 heavy (non-hydrogen) atoms. The van der Waals surface area contributed by atoms with E-state index in [1.807, 2.05) is 6.92 Å². The van der Waals surface area contributed by atoms with Gasteiger partial charge in [0.05, 0.1) is 13.7 Å². The van der Waals surface area contributed by atoms with E-state index in [-0.39, 0.29) is 12.4 Å². The summed E-state index contributed by atoms with van der Waals surface area (Å²) in [6.45, 7) is 3.45. The Morgan fingerprint density at radius 3 is 2.94 bits per heavy atom. The zero-order valence-electron chi connectivity index (χ0n) is 9.58. The molecule has 2 aliphatic heterocycles. The first kappa shape index (κ1) is 13.9. The van der Waals surface area contributed by atoms with Crippen LogP contribution in [0, 0.1) is 0 Å². The van der Waals surface area contributed by atoms with Crippen LogP contribution in [0.5, 0.6) is 0 Å². The Balaban J connectivity index is 0.00000144. The number of ether oxygens (including phenoxy) is 1. The first-order valence-electron chi connectivity index (χ1n) is 4.97. The molecule has 2 heterocycles. The number of allylic oxidation sites excluding steroid dienone is 1. The van der Waals surface area contributed by atoms with Crippen LogP contribution in [-0.4, -0.2) is 37.1 Å². The number of guanidine groups is 1.